The fraction of sp³-hybridized carbons (Fsp3) is 0.245. The van der Waals surface area contributed by atoms with E-state index in [9.17, 15) is 20.1 Å². The monoisotopic (exact) mass is 884 g/mol. The third kappa shape index (κ3) is 8.29. The Bertz CT molecular complexity index is 3220. The summed E-state index contributed by atoms with van der Waals surface area (Å²) in [5.74, 6) is -0.182. The van der Waals surface area contributed by atoms with E-state index in [0.29, 0.717) is 46.6 Å². The molecule has 2 saturated heterocycles. The van der Waals surface area contributed by atoms with Crippen LogP contribution in [0.3, 0.4) is 0 Å². The van der Waals surface area contributed by atoms with Crippen LogP contribution in [0.4, 0.5) is 0 Å². The average molecular weight is 885 g/mol. The number of nitriles is 2. The summed E-state index contributed by atoms with van der Waals surface area (Å²) >= 11 is 0. The van der Waals surface area contributed by atoms with Crippen LogP contribution in [0.25, 0.3) is 56.3 Å². The minimum atomic E-state index is -0.155. The number of piperazine rings is 1. The molecule has 2 amide bonds. The van der Waals surface area contributed by atoms with Gasteiger partial charge in [0.2, 0.25) is 0 Å². The third-order valence-electron chi connectivity index (χ3n) is 13.4. The summed E-state index contributed by atoms with van der Waals surface area (Å²) < 4.78 is 3.62. The van der Waals surface area contributed by atoms with Crippen LogP contribution >= 0.6 is 0 Å². The predicted octanol–water partition coefficient (Wildman–Crippen LogP) is 7.52. The first-order valence-electron chi connectivity index (χ1n) is 22.6. The normalized spacial score (nSPS) is 16.6. The Morgan fingerprint density at radius 2 is 1.16 bits per heavy atom. The van der Waals surface area contributed by atoms with Gasteiger partial charge in [-0.25, -0.2) is 19.0 Å². The number of piperidine rings is 1. The molecule has 10 rings (SSSR count). The lowest BCUT2D eigenvalue weighted by Gasteiger charge is -2.42. The zero-order valence-electron chi connectivity index (χ0n) is 37.6. The van der Waals surface area contributed by atoms with E-state index in [-0.39, 0.29) is 23.8 Å². The summed E-state index contributed by atoms with van der Waals surface area (Å²) in [5.41, 5.74) is 11.2. The van der Waals surface area contributed by atoms with E-state index in [4.69, 9.17) is 10.2 Å². The minimum absolute atomic E-state index is 0.0471. The lowest BCUT2D eigenvalue weighted by atomic mass is 9.82. The molecule has 2 aliphatic rings. The predicted molar refractivity (Wildman–Crippen MR) is 256 cm³/mol. The molecule has 0 spiro atoms. The number of benzene rings is 4. The standard InChI is InChI=1S/C53H48N12O2/c1-4-61-25-27-62(28-26-61)52(66)39-13-9-36(10-14-39)46-20-22-51-57-33-49(65(51)59-46)41-17-18-42(31-55)43(29-41)44-34-63(24-23-47(44)60(2)3)53(67)40-15-11-37(12-16-40)45-19-21-50-56-32-48(64(50)58-45)38-7-5-35(30-54)6-8-38/h5-22,29,32-33,44,47H,4,23-28,34H2,1-3H3. The van der Waals surface area contributed by atoms with Crippen LogP contribution in [0.15, 0.2) is 128 Å². The molecule has 2 fully saturated rings. The van der Waals surface area contributed by atoms with Crippen LogP contribution in [0.1, 0.15) is 56.7 Å². The molecule has 0 N–H and O–H groups in total. The fourth-order valence-electron chi connectivity index (χ4n) is 9.54. The van der Waals surface area contributed by atoms with Crippen LogP contribution in [0, 0.1) is 22.7 Å². The van der Waals surface area contributed by atoms with Crippen molar-refractivity contribution >= 4 is 23.1 Å². The summed E-state index contributed by atoms with van der Waals surface area (Å²) in [7, 11) is 4.11. The van der Waals surface area contributed by atoms with Gasteiger partial charge in [-0.15, -0.1) is 0 Å². The Hall–Kier alpha value is -8.04. The molecule has 67 heavy (non-hydrogen) atoms. The second kappa shape index (κ2) is 18.1. The third-order valence-corrected chi connectivity index (χ3v) is 13.4. The zero-order valence-corrected chi connectivity index (χ0v) is 37.6. The molecule has 14 nitrogen and oxygen atoms in total. The Morgan fingerprint density at radius 1 is 0.627 bits per heavy atom. The van der Waals surface area contributed by atoms with E-state index in [1.54, 1.807) is 29.0 Å². The number of amides is 2. The van der Waals surface area contributed by atoms with Gasteiger partial charge in [0, 0.05) is 84.6 Å². The Labute approximate surface area is 388 Å². The maximum atomic E-state index is 14.3. The van der Waals surface area contributed by atoms with Gasteiger partial charge in [0.25, 0.3) is 11.8 Å². The highest BCUT2D eigenvalue weighted by Gasteiger charge is 2.36. The highest BCUT2D eigenvalue weighted by Crippen LogP contribution is 2.36. The second-order valence-corrected chi connectivity index (χ2v) is 17.4. The van der Waals surface area contributed by atoms with E-state index in [2.05, 4.69) is 59.0 Å². The Balaban J connectivity index is 0.888. The topological polar surface area (TPSA) is 155 Å². The largest absolute Gasteiger partial charge is 0.338 e. The SMILES string of the molecule is CCN1CCN(C(=O)c2ccc(-c3ccc4ncc(-c5ccc(C#N)c(C6CN(C(=O)c7ccc(-c8ccc9ncc(-c%10ccc(C#N)cc%10)n9n8)cc7)CCC6N(C)C)c5)n4n3)cc2)CC1. The maximum Gasteiger partial charge on any atom is 0.253 e. The molecule has 332 valence electrons. The van der Waals surface area contributed by atoms with Gasteiger partial charge in [-0.05, 0) is 105 Å². The van der Waals surface area contributed by atoms with Crippen molar-refractivity contribution < 1.29 is 9.59 Å². The van der Waals surface area contributed by atoms with Gasteiger partial charge in [0.05, 0.1) is 58.4 Å². The number of imidazole rings is 2. The maximum absolute atomic E-state index is 14.3. The number of nitrogens with zero attached hydrogens (tertiary/aromatic N) is 12. The number of carbonyl (C=O) groups is 2. The smallest absolute Gasteiger partial charge is 0.253 e. The van der Waals surface area contributed by atoms with Crippen molar-refractivity contribution in [2.45, 2.75) is 25.3 Å². The fourth-order valence-corrected chi connectivity index (χ4v) is 9.54. The molecular formula is C53H48N12O2. The quantitative estimate of drug-likeness (QED) is 0.142. The molecule has 0 aliphatic carbocycles. The molecule has 0 bridgehead atoms. The Kier molecular flexibility index (Phi) is 11.6. The lowest BCUT2D eigenvalue weighted by Crippen LogP contribution is -2.49. The number of likely N-dealkylation sites (tertiary alicyclic amines) is 1. The first kappa shape index (κ1) is 42.9. The van der Waals surface area contributed by atoms with Crippen molar-refractivity contribution in [3.05, 3.63) is 155 Å². The van der Waals surface area contributed by atoms with Crippen molar-refractivity contribution in [1.82, 2.24) is 48.8 Å². The second-order valence-electron chi connectivity index (χ2n) is 17.4. The molecule has 6 heterocycles. The lowest BCUT2D eigenvalue weighted by molar-refractivity contribution is 0.0618. The molecule has 2 unspecified atom stereocenters. The van der Waals surface area contributed by atoms with Crippen LogP contribution < -0.4 is 0 Å². The molecule has 14 heteroatoms. The summed E-state index contributed by atoms with van der Waals surface area (Å²) in [6.07, 6.45) is 4.30. The van der Waals surface area contributed by atoms with Crippen LogP contribution in [-0.4, -0.2) is 127 Å². The van der Waals surface area contributed by atoms with Gasteiger partial charge in [-0.3, -0.25) is 9.59 Å². The van der Waals surface area contributed by atoms with Crippen molar-refractivity contribution in [2.75, 3.05) is 59.9 Å². The van der Waals surface area contributed by atoms with Gasteiger partial charge in [0.1, 0.15) is 0 Å². The van der Waals surface area contributed by atoms with E-state index in [1.807, 2.05) is 111 Å². The number of fused-ring (bicyclic) bond motifs is 2. The summed E-state index contributed by atoms with van der Waals surface area (Å²) in [5, 5.41) is 29.6. The molecular weight excluding hydrogens is 837 g/mol. The first-order valence-corrected chi connectivity index (χ1v) is 22.6. The van der Waals surface area contributed by atoms with E-state index < -0.39 is 0 Å². The molecule has 4 aromatic heterocycles. The summed E-state index contributed by atoms with van der Waals surface area (Å²) in [6.45, 7) is 7.38. The van der Waals surface area contributed by atoms with Gasteiger partial charge in [-0.2, -0.15) is 20.7 Å². The van der Waals surface area contributed by atoms with E-state index in [0.717, 1.165) is 89.7 Å². The highest BCUT2D eigenvalue weighted by molar-refractivity contribution is 5.95. The van der Waals surface area contributed by atoms with Crippen LogP contribution in [-0.2, 0) is 0 Å². The molecule has 0 radical (unpaired) electrons. The van der Waals surface area contributed by atoms with E-state index >= 15 is 0 Å². The van der Waals surface area contributed by atoms with Gasteiger partial charge in [0.15, 0.2) is 11.3 Å². The molecule has 0 saturated carbocycles. The zero-order chi connectivity index (χ0) is 46.2. The van der Waals surface area contributed by atoms with Crippen molar-refractivity contribution in [1.29, 1.82) is 10.5 Å². The molecule has 4 aromatic carbocycles. The number of likely N-dealkylation sites (N-methyl/N-ethyl adjacent to an activating group) is 2. The van der Waals surface area contributed by atoms with Gasteiger partial charge in [-0.1, -0.05) is 49.4 Å². The van der Waals surface area contributed by atoms with Gasteiger partial charge >= 0.3 is 0 Å². The van der Waals surface area contributed by atoms with Crippen molar-refractivity contribution in [2.24, 2.45) is 0 Å². The van der Waals surface area contributed by atoms with Crippen molar-refractivity contribution in [3.63, 3.8) is 0 Å². The van der Waals surface area contributed by atoms with Gasteiger partial charge < -0.3 is 19.6 Å². The molecule has 2 atom stereocenters. The Morgan fingerprint density at radius 3 is 1.70 bits per heavy atom. The van der Waals surface area contributed by atoms with Crippen LogP contribution in [0.2, 0.25) is 0 Å². The highest BCUT2D eigenvalue weighted by atomic mass is 16.2. The molecule has 2 aliphatic heterocycles. The number of aromatic nitrogens is 6. The number of hydrogen-bond acceptors (Lipinski definition) is 10. The average Bonchev–Trinajstić information content (AvgIpc) is 4.02. The summed E-state index contributed by atoms with van der Waals surface area (Å²) in [6, 6.07) is 40.8. The molecule has 8 aromatic rings. The van der Waals surface area contributed by atoms with E-state index in [1.165, 1.54) is 0 Å². The number of hydrogen-bond donors (Lipinski definition) is 0. The minimum Gasteiger partial charge on any atom is -0.338 e. The number of rotatable bonds is 9. The van der Waals surface area contributed by atoms with Crippen molar-refractivity contribution in [3.8, 4) is 57.2 Å². The first-order chi connectivity index (χ1) is 32.7. The number of carbonyl (C=O) groups excluding carboxylic acids is 2. The van der Waals surface area contributed by atoms with Crippen LogP contribution in [0.5, 0.6) is 0 Å². The summed E-state index contributed by atoms with van der Waals surface area (Å²) in [4.78, 5) is 45.2.